The van der Waals surface area contributed by atoms with Gasteiger partial charge in [0.1, 0.15) is 0 Å². The Bertz CT molecular complexity index is 734. The van der Waals surface area contributed by atoms with Crippen LogP contribution in [0.15, 0.2) is 36.7 Å². The van der Waals surface area contributed by atoms with Crippen LogP contribution in [0.1, 0.15) is 25.7 Å². The first-order chi connectivity index (χ1) is 11.9. The molecule has 2 N–H and O–H groups in total. The number of fused-ring (bicyclic) bond motifs is 1. The first kappa shape index (κ1) is 17.5. The van der Waals surface area contributed by atoms with E-state index in [2.05, 4.69) is 15.6 Å². The number of aromatic nitrogens is 1. The Morgan fingerprint density at radius 3 is 2.64 bits per heavy atom. The SMILES string of the molecule is O=C(NCC1CCC(C(F)(F)F)CC1)Nc1cccc2cnccc12. The van der Waals surface area contributed by atoms with Gasteiger partial charge < -0.3 is 10.6 Å². The van der Waals surface area contributed by atoms with E-state index in [1.807, 2.05) is 18.2 Å². The molecule has 0 unspecified atom stereocenters. The zero-order chi connectivity index (χ0) is 17.9. The number of rotatable bonds is 3. The summed E-state index contributed by atoms with van der Waals surface area (Å²) in [6.45, 7) is 0.392. The smallest absolute Gasteiger partial charge is 0.338 e. The lowest BCUT2D eigenvalue weighted by molar-refractivity contribution is -0.183. The summed E-state index contributed by atoms with van der Waals surface area (Å²) in [5.74, 6) is -1.09. The highest BCUT2D eigenvalue weighted by molar-refractivity contribution is 6.01. The second kappa shape index (κ2) is 7.29. The van der Waals surface area contributed by atoms with Crippen LogP contribution in [0.5, 0.6) is 0 Å². The highest BCUT2D eigenvalue weighted by atomic mass is 19.4. The van der Waals surface area contributed by atoms with Gasteiger partial charge in [0.05, 0.1) is 11.6 Å². The fourth-order valence-electron chi connectivity index (χ4n) is 3.33. The van der Waals surface area contributed by atoms with Crippen molar-refractivity contribution in [2.75, 3.05) is 11.9 Å². The predicted molar refractivity (Wildman–Crippen MR) is 90.3 cm³/mol. The molecule has 25 heavy (non-hydrogen) atoms. The topological polar surface area (TPSA) is 54.0 Å². The van der Waals surface area contributed by atoms with Crippen LogP contribution < -0.4 is 10.6 Å². The van der Waals surface area contributed by atoms with Crippen LogP contribution in [-0.2, 0) is 0 Å². The van der Waals surface area contributed by atoms with E-state index in [0.29, 0.717) is 25.1 Å². The summed E-state index contributed by atoms with van der Waals surface area (Å²) in [6.07, 6.45) is 0.553. The molecule has 0 saturated heterocycles. The Kier molecular flexibility index (Phi) is 5.11. The van der Waals surface area contributed by atoms with Crippen molar-refractivity contribution in [3.05, 3.63) is 36.7 Å². The summed E-state index contributed by atoms with van der Waals surface area (Å²) in [6, 6.07) is 7.02. The molecular weight excluding hydrogens is 331 g/mol. The number of amides is 2. The quantitative estimate of drug-likeness (QED) is 0.840. The molecule has 0 aliphatic heterocycles. The zero-order valence-electron chi connectivity index (χ0n) is 13.6. The molecule has 0 radical (unpaired) electrons. The highest BCUT2D eigenvalue weighted by Gasteiger charge is 2.41. The lowest BCUT2D eigenvalue weighted by Gasteiger charge is -2.29. The molecule has 134 valence electrons. The van der Waals surface area contributed by atoms with Gasteiger partial charge in [-0.05, 0) is 43.7 Å². The number of alkyl halides is 3. The molecule has 4 nitrogen and oxygen atoms in total. The Balaban J connectivity index is 1.50. The van der Waals surface area contributed by atoms with Crippen LogP contribution in [0, 0.1) is 11.8 Å². The molecule has 1 aromatic heterocycles. The summed E-state index contributed by atoms with van der Waals surface area (Å²) in [4.78, 5) is 16.2. The number of anilines is 1. The van der Waals surface area contributed by atoms with Crippen LogP contribution >= 0.6 is 0 Å². The van der Waals surface area contributed by atoms with E-state index >= 15 is 0 Å². The van der Waals surface area contributed by atoms with Gasteiger partial charge in [-0.15, -0.1) is 0 Å². The number of hydrogen-bond donors (Lipinski definition) is 2. The minimum absolute atomic E-state index is 0.0982. The molecule has 3 rings (SSSR count). The lowest BCUT2D eigenvalue weighted by atomic mass is 9.81. The minimum Gasteiger partial charge on any atom is -0.338 e. The van der Waals surface area contributed by atoms with Crippen molar-refractivity contribution < 1.29 is 18.0 Å². The molecule has 1 aromatic carbocycles. The third kappa shape index (κ3) is 4.41. The number of benzene rings is 1. The molecule has 1 saturated carbocycles. The van der Waals surface area contributed by atoms with E-state index in [1.54, 1.807) is 18.5 Å². The van der Waals surface area contributed by atoms with E-state index < -0.39 is 12.1 Å². The van der Waals surface area contributed by atoms with E-state index in [1.165, 1.54) is 0 Å². The Hall–Kier alpha value is -2.31. The number of pyridine rings is 1. The van der Waals surface area contributed by atoms with Gasteiger partial charge in [0.15, 0.2) is 0 Å². The number of urea groups is 1. The summed E-state index contributed by atoms with van der Waals surface area (Å²) >= 11 is 0. The van der Waals surface area contributed by atoms with Crippen LogP contribution in [0.25, 0.3) is 10.8 Å². The van der Waals surface area contributed by atoms with E-state index in [9.17, 15) is 18.0 Å². The molecule has 1 aliphatic rings. The van der Waals surface area contributed by atoms with E-state index in [4.69, 9.17) is 0 Å². The number of nitrogens with zero attached hydrogens (tertiary/aromatic N) is 1. The van der Waals surface area contributed by atoms with Crippen molar-refractivity contribution in [2.24, 2.45) is 11.8 Å². The summed E-state index contributed by atoms with van der Waals surface area (Å²) in [5, 5.41) is 7.38. The number of carbonyl (C=O) groups is 1. The van der Waals surface area contributed by atoms with Gasteiger partial charge in [0.25, 0.3) is 0 Å². The van der Waals surface area contributed by atoms with E-state index in [0.717, 1.165) is 10.8 Å². The summed E-state index contributed by atoms with van der Waals surface area (Å²) in [5.41, 5.74) is 0.679. The number of hydrogen-bond acceptors (Lipinski definition) is 2. The van der Waals surface area contributed by atoms with E-state index in [-0.39, 0.29) is 24.8 Å². The Morgan fingerprint density at radius 1 is 1.16 bits per heavy atom. The fraction of sp³-hybridized carbons (Fsp3) is 0.444. The average molecular weight is 351 g/mol. The van der Waals surface area contributed by atoms with Crippen molar-refractivity contribution >= 4 is 22.5 Å². The van der Waals surface area contributed by atoms with Crippen molar-refractivity contribution in [1.29, 1.82) is 0 Å². The van der Waals surface area contributed by atoms with Gasteiger partial charge in [-0.3, -0.25) is 4.98 Å². The van der Waals surface area contributed by atoms with Gasteiger partial charge in [0, 0.05) is 29.7 Å². The van der Waals surface area contributed by atoms with Gasteiger partial charge in [-0.25, -0.2) is 4.79 Å². The maximum atomic E-state index is 12.7. The highest BCUT2D eigenvalue weighted by Crippen LogP contribution is 2.39. The summed E-state index contributed by atoms with van der Waals surface area (Å²) in [7, 11) is 0. The third-order valence-electron chi connectivity index (χ3n) is 4.79. The monoisotopic (exact) mass is 351 g/mol. The maximum absolute atomic E-state index is 12.7. The lowest BCUT2D eigenvalue weighted by Crippen LogP contribution is -2.36. The van der Waals surface area contributed by atoms with Crippen LogP contribution in [0.2, 0.25) is 0 Å². The molecular formula is C18H20F3N3O. The van der Waals surface area contributed by atoms with Gasteiger partial charge in [-0.2, -0.15) is 13.2 Å². The zero-order valence-corrected chi connectivity index (χ0v) is 13.6. The fourth-order valence-corrected chi connectivity index (χ4v) is 3.33. The second-order valence-corrected chi connectivity index (χ2v) is 6.50. The average Bonchev–Trinajstić information content (AvgIpc) is 2.60. The van der Waals surface area contributed by atoms with Gasteiger partial charge in [0.2, 0.25) is 0 Å². The molecule has 2 amide bonds. The van der Waals surface area contributed by atoms with Crippen molar-refractivity contribution in [3.63, 3.8) is 0 Å². The Labute approximate surface area is 143 Å². The second-order valence-electron chi connectivity index (χ2n) is 6.50. The normalized spacial score (nSPS) is 21.1. The first-order valence-electron chi connectivity index (χ1n) is 8.38. The first-order valence-corrected chi connectivity index (χ1v) is 8.38. The standard InChI is InChI=1S/C18H20F3N3O/c19-18(20,21)14-6-4-12(5-7-14)10-23-17(25)24-16-3-1-2-13-11-22-9-8-15(13)16/h1-3,8-9,11-12,14H,4-7,10H2,(H2,23,24,25). The number of carbonyl (C=O) groups excluding carboxylic acids is 1. The van der Waals surface area contributed by atoms with Crippen LogP contribution in [-0.4, -0.2) is 23.7 Å². The predicted octanol–water partition coefficient (Wildman–Crippen LogP) is 4.73. The summed E-state index contributed by atoms with van der Waals surface area (Å²) < 4.78 is 38.0. The van der Waals surface area contributed by atoms with Crippen molar-refractivity contribution in [1.82, 2.24) is 10.3 Å². The Morgan fingerprint density at radius 2 is 1.92 bits per heavy atom. The molecule has 0 atom stereocenters. The van der Waals surface area contributed by atoms with Crippen molar-refractivity contribution in [3.8, 4) is 0 Å². The van der Waals surface area contributed by atoms with Crippen LogP contribution in [0.3, 0.4) is 0 Å². The maximum Gasteiger partial charge on any atom is 0.391 e. The molecule has 0 bridgehead atoms. The molecule has 2 aromatic rings. The van der Waals surface area contributed by atoms with Crippen LogP contribution in [0.4, 0.5) is 23.7 Å². The van der Waals surface area contributed by atoms with Gasteiger partial charge >= 0.3 is 12.2 Å². The number of nitrogens with one attached hydrogen (secondary N) is 2. The molecule has 1 fully saturated rings. The molecule has 1 heterocycles. The van der Waals surface area contributed by atoms with Crippen molar-refractivity contribution in [2.45, 2.75) is 31.9 Å². The van der Waals surface area contributed by atoms with Gasteiger partial charge in [-0.1, -0.05) is 12.1 Å². The largest absolute Gasteiger partial charge is 0.391 e. The number of halogens is 3. The minimum atomic E-state index is -4.10. The molecule has 0 spiro atoms. The molecule has 1 aliphatic carbocycles. The molecule has 7 heteroatoms. The third-order valence-corrected chi connectivity index (χ3v) is 4.79.